The van der Waals surface area contributed by atoms with Gasteiger partial charge < -0.3 is 4.74 Å². The summed E-state index contributed by atoms with van der Waals surface area (Å²) in [6.45, 7) is 5.60. The Labute approximate surface area is 102 Å². The van der Waals surface area contributed by atoms with Crippen LogP contribution in [-0.4, -0.2) is 18.9 Å². The van der Waals surface area contributed by atoms with Gasteiger partial charge in [0, 0.05) is 5.56 Å². The second-order valence-corrected chi connectivity index (χ2v) is 4.48. The van der Waals surface area contributed by atoms with E-state index in [4.69, 9.17) is 0 Å². The third-order valence-electron chi connectivity index (χ3n) is 2.71. The number of benzene rings is 1. The number of methoxy groups -OCH3 is 1. The SMILES string of the molecule is COC(=O)C(C(=O)c1cccc(C)c1)C(C)C. The van der Waals surface area contributed by atoms with E-state index in [1.165, 1.54) is 7.11 Å². The third kappa shape index (κ3) is 3.16. The average Bonchev–Trinajstić information content (AvgIpc) is 2.28. The summed E-state index contributed by atoms with van der Waals surface area (Å²) in [4.78, 5) is 23.8. The summed E-state index contributed by atoms with van der Waals surface area (Å²) in [5.41, 5.74) is 1.57. The van der Waals surface area contributed by atoms with Gasteiger partial charge in [0.1, 0.15) is 5.92 Å². The summed E-state index contributed by atoms with van der Waals surface area (Å²) in [6.07, 6.45) is 0. The molecule has 3 nitrogen and oxygen atoms in total. The topological polar surface area (TPSA) is 43.4 Å². The normalized spacial score (nSPS) is 12.3. The van der Waals surface area contributed by atoms with Crippen molar-refractivity contribution in [3.63, 3.8) is 0 Å². The van der Waals surface area contributed by atoms with Crippen LogP contribution in [0.2, 0.25) is 0 Å². The molecule has 1 unspecified atom stereocenters. The Morgan fingerprint density at radius 3 is 2.35 bits per heavy atom. The van der Waals surface area contributed by atoms with Crippen molar-refractivity contribution >= 4 is 11.8 Å². The van der Waals surface area contributed by atoms with Crippen molar-refractivity contribution in [3.05, 3.63) is 35.4 Å². The van der Waals surface area contributed by atoms with Crippen molar-refractivity contribution in [2.24, 2.45) is 11.8 Å². The molecule has 0 spiro atoms. The van der Waals surface area contributed by atoms with Gasteiger partial charge in [0.2, 0.25) is 0 Å². The Bertz CT molecular complexity index is 421. The summed E-state index contributed by atoms with van der Waals surface area (Å²) in [6, 6.07) is 7.25. The highest BCUT2D eigenvalue weighted by molar-refractivity contribution is 6.08. The standard InChI is InChI=1S/C14H18O3/c1-9(2)12(14(16)17-4)13(15)11-7-5-6-10(3)8-11/h5-9,12H,1-4H3. The van der Waals surface area contributed by atoms with Crippen molar-refractivity contribution < 1.29 is 14.3 Å². The molecule has 1 atom stereocenters. The smallest absolute Gasteiger partial charge is 0.316 e. The van der Waals surface area contributed by atoms with Gasteiger partial charge in [-0.25, -0.2) is 0 Å². The molecule has 92 valence electrons. The van der Waals surface area contributed by atoms with E-state index >= 15 is 0 Å². The number of aryl methyl sites for hydroxylation is 1. The quantitative estimate of drug-likeness (QED) is 0.457. The van der Waals surface area contributed by atoms with Crippen LogP contribution in [0.5, 0.6) is 0 Å². The lowest BCUT2D eigenvalue weighted by molar-refractivity contribution is -0.144. The van der Waals surface area contributed by atoms with Crippen LogP contribution in [-0.2, 0) is 9.53 Å². The molecule has 0 amide bonds. The van der Waals surface area contributed by atoms with Gasteiger partial charge in [0.25, 0.3) is 0 Å². The highest BCUT2D eigenvalue weighted by atomic mass is 16.5. The molecule has 0 saturated carbocycles. The largest absolute Gasteiger partial charge is 0.468 e. The molecule has 0 N–H and O–H groups in total. The summed E-state index contributed by atoms with van der Waals surface area (Å²) >= 11 is 0. The van der Waals surface area contributed by atoms with E-state index in [0.29, 0.717) is 5.56 Å². The number of ether oxygens (including phenoxy) is 1. The van der Waals surface area contributed by atoms with Crippen LogP contribution in [0.1, 0.15) is 29.8 Å². The summed E-state index contributed by atoms with van der Waals surface area (Å²) in [5.74, 6) is -1.43. The van der Waals surface area contributed by atoms with Crippen LogP contribution in [0, 0.1) is 18.8 Å². The zero-order valence-corrected chi connectivity index (χ0v) is 10.7. The minimum absolute atomic E-state index is 0.0736. The summed E-state index contributed by atoms with van der Waals surface area (Å²) in [7, 11) is 1.31. The average molecular weight is 234 g/mol. The zero-order chi connectivity index (χ0) is 13.0. The molecule has 3 heteroatoms. The monoisotopic (exact) mass is 234 g/mol. The lowest BCUT2D eigenvalue weighted by atomic mass is 9.87. The fourth-order valence-electron chi connectivity index (χ4n) is 1.79. The van der Waals surface area contributed by atoms with E-state index in [1.54, 1.807) is 12.1 Å². The van der Waals surface area contributed by atoms with Crippen LogP contribution in [0.15, 0.2) is 24.3 Å². The van der Waals surface area contributed by atoms with E-state index in [0.717, 1.165) is 5.56 Å². The van der Waals surface area contributed by atoms with Crippen molar-refractivity contribution in [1.82, 2.24) is 0 Å². The molecule has 1 aromatic rings. The Kier molecular flexibility index (Phi) is 4.44. The molecule has 1 rings (SSSR count). The molecule has 0 aliphatic heterocycles. The maximum absolute atomic E-state index is 12.2. The first-order chi connectivity index (χ1) is 7.97. The first-order valence-corrected chi connectivity index (χ1v) is 5.66. The van der Waals surface area contributed by atoms with Crippen LogP contribution in [0.4, 0.5) is 0 Å². The van der Waals surface area contributed by atoms with Crippen molar-refractivity contribution in [3.8, 4) is 0 Å². The van der Waals surface area contributed by atoms with Gasteiger partial charge in [-0.3, -0.25) is 9.59 Å². The number of carbonyl (C=O) groups excluding carboxylic acids is 2. The molecule has 17 heavy (non-hydrogen) atoms. The van der Waals surface area contributed by atoms with Crippen molar-refractivity contribution in [1.29, 1.82) is 0 Å². The number of hydrogen-bond acceptors (Lipinski definition) is 3. The maximum Gasteiger partial charge on any atom is 0.316 e. The molecule has 1 aromatic carbocycles. The zero-order valence-electron chi connectivity index (χ0n) is 10.7. The molecule has 0 fully saturated rings. The molecular formula is C14H18O3. The fraction of sp³-hybridized carbons (Fsp3) is 0.429. The van der Waals surface area contributed by atoms with E-state index < -0.39 is 11.9 Å². The van der Waals surface area contributed by atoms with Crippen LogP contribution < -0.4 is 0 Å². The molecule has 0 saturated heterocycles. The van der Waals surface area contributed by atoms with Gasteiger partial charge in [0.05, 0.1) is 7.11 Å². The number of carbonyl (C=O) groups is 2. The highest BCUT2D eigenvalue weighted by Crippen LogP contribution is 2.19. The maximum atomic E-state index is 12.2. The minimum Gasteiger partial charge on any atom is -0.468 e. The molecule has 0 aliphatic carbocycles. The Hall–Kier alpha value is -1.64. The second-order valence-electron chi connectivity index (χ2n) is 4.48. The molecular weight excluding hydrogens is 216 g/mol. The Balaban J connectivity index is 3.04. The first kappa shape index (κ1) is 13.4. The number of ketones is 1. The highest BCUT2D eigenvalue weighted by Gasteiger charge is 2.31. The molecule has 0 heterocycles. The Morgan fingerprint density at radius 2 is 1.88 bits per heavy atom. The Morgan fingerprint density at radius 1 is 1.24 bits per heavy atom. The summed E-state index contributed by atoms with van der Waals surface area (Å²) in [5, 5.41) is 0. The van der Waals surface area contributed by atoms with E-state index in [2.05, 4.69) is 4.74 Å². The number of esters is 1. The molecule has 0 aromatic heterocycles. The van der Waals surface area contributed by atoms with Gasteiger partial charge in [0.15, 0.2) is 5.78 Å². The fourth-order valence-corrected chi connectivity index (χ4v) is 1.79. The van der Waals surface area contributed by atoms with Crippen LogP contribution >= 0.6 is 0 Å². The second kappa shape index (κ2) is 5.62. The molecule has 0 aliphatic rings. The van der Waals surface area contributed by atoms with E-state index in [-0.39, 0.29) is 11.7 Å². The van der Waals surface area contributed by atoms with Crippen molar-refractivity contribution in [2.45, 2.75) is 20.8 Å². The lowest BCUT2D eigenvalue weighted by Crippen LogP contribution is -2.30. The number of Topliss-reactive ketones (excluding diaryl/α,β-unsaturated/α-hetero) is 1. The van der Waals surface area contributed by atoms with E-state index in [1.807, 2.05) is 32.9 Å². The van der Waals surface area contributed by atoms with Gasteiger partial charge in [-0.15, -0.1) is 0 Å². The third-order valence-corrected chi connectivity index (χ3v) is 2.71. The first-order valence-electron chi connectivity index (χ1n) is 5.66. The van der Waals surface area contributed by atoms with Crippen LogP contribution in [0.3, 0.4) is 0 Å². The number of rotatable bonds is 4. The van der Waals surface area contributed by atoms with Crippen molar-refractivity contribution in [2.75, 3.05) is 7.11 Å². The van der Waals surface area contributed by atoms with Crippen LogP contribution in [0.25, 0.3) is 0 Å². The number of hydrogen-bond donors (Lipinski definition) is 0. The minimum atomic E-state index is -0.721. The van der Waals surface area contributed by atoms with Gasteiger partial charge >= 0.3 is 5.97 Å². The predicted octanol–water partition coefficient (Wildman–Crippen LogP) is 2.62. The summed E-state index contributed by atoms with van der Waals surface area (Å²) < 4.78 is 4.69. The van der Waals surface area contributed by atoms with E-state index in [9.17, 15) is 9.59 Å². The van der Waals surface area contributed by atoms with Gasteiger partial charge in [-0.05, 0) is 18.9 Å². The molecule has 0 bridgehead atoms. The predicted molar refractivity (Wildman–Crippen MR) is 65.9 cm³/mol. The van der Waals surface area contributed by atoms with Gasteiger partial charge in [-0.2, -0.15) is 0 Å². The lowest BCUT2D eigenvalue weighted by Gasteiger charge is -2.17. The van der Waals surface area contributed by atoms with Gasteiger partial charge in [-0.1, -0.05) is 37.6 Å². The molecule has 0 radical (unpaired) electrons.